The summed E-state index contributed by atoms with van der Waals surface area (Å²) in [5.41, 5.74) is 0.149. The molecule has 1 aromatic rings. The molecule has 2 bridgehead atoms. The Morgan fingerprint density at radius 1 is 1.20 bits per heavy atom. The highest BCUT2D eigenvalue weighted by atomic mass is 35.5. The van der Waals surface area contributed by atoms with Crippen molar-refractivity contribution in [1.29, 1.82) is 0 Å². The molecule has 1 N–H and O–H groups in total. The number of hydrogen-bond donors (Lipinski definition) is 1. The van der Waals surface area contributed by atoms with Crippen LogP contribution in [0.2, 0.25) is 5.02 Å². The molecule has 1 saturated carbocycles. The van der Waals surface area contributed by atoms with Gasteiger partial charge in [0, 0.05) is 24.5 Å². The molecule has 2 heterocycles. The van der Waals surface area contributed by atoms with Crippen LogP contribution in [0.3, 0.4) is 0 Å². The smallest absolute Gasteiger partial charge is 0.291 e. The number of anilines is 1. The fourth-order valence-corrected chi connectivity index (χ4v) is 5.87. The second-order valence-electron chi connectivity index (χ2n) is 9.00. The summed E-state index contributed by atoms with van der Waals surface area (Å²) in [5.74, 6) is 0.965. The summed E-state index contributed by atoms with van der Waals surface area (Å²) >= 11 is 6.04. The largest absolute Gasteiger partial charge is 0.494 e. The third-order valence-corrected chi connectivity index (χ3v) is 7.48. The second-order valence-corrected chi connectivity index (χ2v) is 9.41. The molecule has 2 aliphatic heterocycles. The van der Waals surface area contributed by atoms with E-state index in [1.807, 2.05) is 0 Å². The van der Waals surface area contributed by atoms with Gasteiger partial charge in [-0.15, -0.1) is 0 Å². The van der Waals surface area contributed by atoms with Crippen molar-refractivity contribution in [2.24, 2.45) is 11.8 Å². The first kappa shape index (κ1) is 21.4. The SMILES string of the molecule is COc1cc([N+](=O)[O-])c(Cl)cc1NC(=O)C1CC2CCC(C1)N2CC1CCCCC1. The van der Waals surface area contributed by atoms with Crippen LogP contribution in [-0.2, 0) is 4.79 Å². The maximum atomic E-state index is 13.0. The van der Waals surface area contributed by atoms with Gasteiger partial charge in [0.2, 0.25) is 5.91 Å². The summed E-state index contributed by atoms with van der Waals surface area (Å²) in [6, 6.07) is 3.64. The van der Waals surface area contributed by atoms with Crippen molar-refractivity contribution >= 4 is 28.9 Å². The number of halogens is 1. The van der Waals surface area contributed by atoms with Gasteiger partial charge in [0.1, 0.15) is 10.8 Å². The second kappa shape index (κ2) is 9.10. The van der Waals surface area contributed by atoms with Crippen LogP contribution in [-0.4, -0.2) is 41.5 Å². The molecule has 30 heavy (non-hydrogen) atoms. The van der Waals surface area contributed by atoms with E-state index in [0.29, 0.717) is 17.8 Å². The van der Waals surface area contributed by atoms with E-state index in [2.05, 4.69) is 10.2 Å². The molecule has 3 fully saturated rings. The maximum Gasteiger partial charge on any atom is 0.291 e. The first-order chi connectivity index (χ1) is 14.5. The molecule has 8 heteroatoms. The number of hydrogen-bond acceptors (Lipinski definition) is 5. The minimum atomic E-state index is -0.559. The quantitative estimate of drug-likeness (QED) is 0.501. The molecule has 4 rings (SSSR count). The van der Waals surface area contributed by atoms with Crippen LogP contribution < -0.4 is 10.1 Å². The molecular weight excluding hydrogens is 406 g/mol. The van der Waals surface area contributed by atoms with Gasteiger partial charge >= 0.3 is 0 Å². The molecule has 2 unspecified atom stereocenters. The van der Waals surface area contributed by atoms with Gasteiger partial charge in [0.25, 0.3) is 5.69 Å². The number of carbonyl (C=O) groups excluding carboxylic acids is 1. The Bertz CT molecular complexity index is 798. The molecular formula is C22H30ClN3O4. The van der Waals surface area contributed by atoms with Crippen molar-refractivity contribution in [3.05, 3.63) is 27.3 Å². The number of benzene rings is 1. The lowest BCUT2D eigenvalue weighted by Gasteiger charge is -2.41. The zero-order valence-electron chi connectivity index (χ0n) is 17.4. The molecule has 164 valence electrons. The van der Waals surface area contributed by atoms with Crippen LogP contribution >= 0.6 is 11.6 Å². The van der Waals surface area contributed by atoms with E-state index in [0.717, 1.165) is 18.8 Å². The number of ether oxygens (including phenoxy) is 1. The average molecular weight is 436 g/mol. The van der Waals surface area contributed by atoms with Crippen molar-refractivity contribution in [1.82, 2.24) is 4.90 Å². The third-order valence-electron chi connectivity index (χ3n) is 7.17. The highest BCUT2D eigenvalue weighted by Gasteiger charge is 2.43. The number of piperidine rings is 1. The zero-order valence-corrected chi connectivity index (χ0v) is 18.2. The van der Waals surface area contributed by atoms with Gasteiger partial charge in [0.05, 0.1) is 23.8 Å². The van der Waals surface area contributed by atoms with E-state index in [4.69, 9.17) is 16.3 Å². The number of amides is 1. The molecule has 0 aromatic heterocycles. The van der Waals surface area contributed by atoms with E-state index in [9.17, 15) is 14.9 Å². The van der Waals surface area contributed by atoms with Crippen LogP contribution in [0.4, 0.5) is 11.4 Å². The number of nitro groups is 1. The summed E-state index contributed by atoms with van der Waals surface area (Å²) < 4.78 is 5.25. The Labute approximate surface area is 182 Å². The zero-order chi connectivity index (χ0) is 21.3. The maximum absolute atomic E-state index is 13.0. The van der Waals surface area contributed by atoms with E-state index in [1.165, 1.54) is 70.7 Å². The molecule has 3 aliphatic rings. The lowest BCUT2D eigenvalue weighted by atomic mass is 9.85. The molecule has 1 amide bonds. The van der Waals surface area contributed by atoms with Crippen LogP contribution in [0.25, 0.3) is 0 Å². The molecule has 7 nitrogen and oxygen atoms in total. The van der Waals surface area contributed by atoms with Crippen molar-refractivity contribution in [2.75, 3.05) is 19.0 Å². The number of rotatable bonds is 6. The van der Waals surface area contributed by atoms with E-state index < -0.39 is 4.92 Å². The van der Waals surface area contributed by atoms with Gasteiger partial charge < -0.3 is 10.1 Å². The number of carbonyl (C=O) groups is 1. The first-order valence-corrected chi connectivity index (χ1v) is 11.4. The van der Waals surface area contributed by atoms with Crippen molar-refractivity contribution in [2.45, 2.75) is 69.9 Å². The Morgan fingerprint density at radius 3 is 2.47 bits per heavy atom. The summed E-state index contributed by atoms with van der Waals surface area (Å²) in [6.07, 6.45) is 10.9. The standard InChI is InChI=1S/C22H30ClN3O4/c1-30-21-12-20(26(28)29)18(23)11-19(21)24-22(27)15-9-16-7-8-17(10-15)25(16)13-14-5-3-2-4-6-14/h11-12,14-17H,2-10,13H2,1H3,(H,24,27). The summed E-state index contributed by atoms with van der Waals surface area (Å²) in [6.45, 7) is 1.19. The highest BCUT2D eigenvalue weighted by Crippen LogP contribution is 2.42. The minimum absolute atomic E-state index is 0.0153. The summed E-state index contributed by atoms with van der Waals surface area (Å²) in [5, 5.41) is 14.0. The van der Waals surface area contributed by atoms with Gasteiger partial charge in [-0.25, -0.2) is 0 Å². The molecule has 2 saturated heterocycles. The first-order valence-electron chi connectivity index (χ1n) is 11.0. The minimum Gasteiger partial charge on any atom is -0.494 e. The molecule has 0 radical (unpaired) electrons. The predicted molar refractivity (Wildman–Crippen MR) is 116 cm³/mol. The number of nitrogens with one attached hydrogen (secondary N) is 1. The fraction of sp³-hybridized carbons (Fsp3) is 0.682. The molecule has 1 aromatic carbocycles. The van der Waals surface area contributed by atoms with Gasteiger partial charge in [-0.1, -0.05) is 30.9 Å². The van der Waals surface area contributed by atoms with Gasteiger partial charge in [-0.2, -0.15) is 0 Å². The van der Waals surface area contributed by atoms with E-state index in [1.54, 1.807) is 0 Å². The van der Waals surface area contributed by atoms with Crippen LogP contribution in [0.15, 0.2) is 12.1 Å². The van der Waals surface area contributed by atoms with Crippen LogP contribution in [0, 0.1) is 22.0 Å². The van der Waals surface area contributed by atoms with E-state index in [-0.39, 0.29) is 28.3 Å². The topological polar surface area (TPSA) is 84.7 Å². The summed E-state index contributed by atoms with van der Waals surface area (Å²) in [7, 11) is 1.42. The lowest BCUT2D eigenvalue weighted by molar-refractivity contribution is -0.384. The Kier molecular flexibility index (Phi) is 6.48. The Hall–Kier alpha value is -1.86. The Balaban J connectivity index is 1.41. The van der Waals surface area contributed by atoms with Crippen molar-refractivity contribution < 1.29 is 14.5 Å². The number of methoxy groups -OCH3 is 1. The monoisotopic (exact) mass is 435 g/mol. The van der Waals surface area contributed by atoms with Crippen LogP contribution in [0.5, 0.6) is 5.75 Å². The van der Waals surface area contributed by atoms with Gasteiger partial charge in [-0.05, 0) is 50.5 Å². The number of nitrogens with zero attached hydrogens (tertiary/aromatic N) is 2. The fourth-order valence-electron chi connectivity index (χ4n) is 5.64. The van der Waals surface area contributed by atoms with Crippen molar-refractivity contribution in [3.8, 4) is 5.75 Å². The molecule has 2 atom stereocenters. The average Bonchev–Trinajstić information content (AvgIpc) is 2.95. The molecule has 1 aliphatic carbocycles. The van der Waals surface area contributed by atoms with Gasteiger partial charge in [-0.3, -0.25) is 19.8 Å². The molecule has 0 spiro atoms. The van der Waals surface area contributed by atoms with E-state index >= 15 is 0 Å². The van der Waals surface area contributed by atoms with Crippen LogP contribution in [0.1, 0.15) is 57.8 Å². The summed E-state index contributed by atoms with van der Waals surface area (Å²) in [4.78, 5) is 26.2. The highest BCUT2D eigenvalue weighted by molar-refractivity contribution is 6.33. The Morgan fingerprint density at radius 2 is 1.87 bits per heavy atom. The van der Waals surface area contributed by atoms with Crippen molar-refractivity contribution in [3.63, 3.8) is 0 Å². The normalized spacial score (nSPS) is 27.1. The lowest BCUT2D eigenvalue weighted by Crippen LogP contribution is -2.47. The number of nitro benzene ring substituents is 1. The number of fused-ring (bicyclic) bond motifs is 2. The third kappa shape index (κ3) is 4.42. The predicted octanol–water partition coefficient (Wildman–Crippen LogP) is 5.02. The van der Waals surface area contributed by atoms with Gasteiger partial charge in [0.15, 0.2) is 0 Å².